The number of rotatable bonds is 9. The standard InChI is InChI=1S/C24H41N5O/c1-4-25-24(26-12-6-13-28-14-9-20(2)10-15-28)27-18-21-11-16-29(19-21)22-7-5-8-23(17-22)30-3/h5,7-8,17,20-21H,4,6,9-16,18-19H2,1-3H3,(H2,25,26,27). The molecular weight excluding hydrogens is 374 g/mol. The zero-order valence-corrected chi connectivity index (χ0v) is 19.2. The monoisotopic (exact) mass is 415 g/mol. The van der Waals surface area contributed by atoms with Crippen LogP contribution in [0.3, 0.4) is 0 Å². The molecule has 0 aromatic heterocycles. The van der Waals surface area contributed by atoms with Gasteiger partial charge in [0.05, 0.1) is 7.11 Å². The van der Waals surface area contributed by atoms with Crippen LogP contribution in [0.4, 0.5) is 5.69 Å². The summed E-state index contributed by atoms with van der Waals surface area (Å²) in [5.74, 6) is 3.39. The van der Waals surface area contributed by atoms with Crippen LogP contribution in [-0.4, -0.2) is 70.3 Å². The highest BCUT2D eigenvalue weighted by atomic mass is 16.5. The lowest BCUT2D eigenvalue weighted by atomic mass is 9.99. The number of hydrogen-bond acceptors (Lipinski definition) is 4. The molecule has 0 amide bonds. The molecule has 6 nitrogen and oxygen atoms in total. The number of ether oxygens (including phenoxy) is 1. The summed E-state index contributed by atoms with van der Waals surface area (Å²) in [7, 11) is 1.73. The lowest BCUT2D eigenvalue weighted by molar-refractivity contribution is 0.191. The Balaban J connectivity index is 1.39. The highest BCUT2D eigenvalue weighted by molar-refractivity contribution is 5.79. The van der Waals surface area contributed by atoms with Crippen molar-refractivity contribution >= 4 is 11.6 Å². The maximum atomic E-state index is 5.37. The molecule has 2 aliphatic rings. The van der Waals surface area contributed by atoms with E-state index in [0.717, 1.165) is 50.4 Å². The summed E-state index contributed by atoms with van der Waals surface area (Å²) >= 11 is 0. The molecule has 2 saturated heterocycles. The normalized spacial score (nSPS) is 21.1. The Labute approximate surface area is 183 Å². The third kappa shape index (κ3) is 7.08. The van der Waals surface area contributed by atoms with E-state index in [1.165, 1.54) is 51.0 Å². The quantitative estimate of drug-likeness (QED) is 0.369. The fraction of sp³-hybridized carbons (Fsp3) is 0.708. The number of nitrogens with one attached hydrogen (secondary N) is 2. The van der Waals surface area contributed by atoms with Crippen molar-refractivity contribution < 1.29 is 4.74 Å². The average molecular weight is 416 g/mol. The van der Waals surface area contributed by atoms with Crippen molar-refractivity contribution in [1.29, 1.82) is 0 Å². The fourth-order valence-corrected chi connectivity index (χ4v) is 4.38. The van der Waals surface area contributed by atoms with E-state index in [0.29, 0.717) is 5.92 Å². The third-order valence-electron chi connectivity index (χ3n) is 6.38. The Bertz CT molecular complexity index is 657. The molecule has 0 bridgehead atoms. The summed E-state index contributed by atoms with van der Waals surface area (Å²) in [6.07, 6.45) is 5.07. The second-order valence-corrected chi connectivity index (χ2v) is 8.83. The van der Waals surface area contributed by atoms with Gasteiger partial charge in [-0.1, -0.05) is 13.0 Å². The van der Waals surface area contributed by atoms with Gasteiger partial charge in [-0.3, -0.25) is 4.99 Å². The van der Waals surface area contributed by atoms with Crippen LogP contribution in [0.2, 0.25) is 0 Å². The van der Waals surface area contributed by atoms with Crippen molar-refractivity contribution in [2.24, 2.45) is 16.8 Å². The van der Waals surface area contributed by atoms with Gasteiger partial charge in [-0.2, -0.15) is 0 Å². The minimum absolute atomic E-state index is 0.599. The van der Waals surface area contributed by atoms with Crippen molar-refractivity contribution in [3.63, 3.8) is 0 Å². The SMILES string of the molecule is CCNC(=NCC1CCN(c2cccc(OC)c2)C1)NCCCN1CCC(C)CC1. The Morgan fingerprint density at radius 2 is 2.00 bits per heavy atom. The molecule has 168 valence electrons. The number of nitrogens with zero attached hydrogens (tertiary/aromatic N) is 3. The number of guanidine groups is 1. The molecule has 30 heavy (non-hydrogen) atoms. The molecule has 0 aliphatic carbocycles. The first-order valence-corrected chi connectivity index (χ1v) is 11.8. The summed E-state index contributed by atoms with van der Waals surface area (Å²) in [4.78, 5) is 9.94. The van der Waals surface area contributed by atoms with E-state index in [-0.39, 0.29) is 0 Å². The Morgan fingerprint density at radius 3 is 2.77 bits per heavy atom. The number of benzene rings is 1. The Hall–Kier alpha value is -1.95. The molecule has 3 rings (SSSR count). The van der Waals surface area contributed by atoms with Crippen molar-refractivity contribution in [2.45, 2.75) is 39.5 Å². The summed E-state index contributed by atoms with van der Waals surface area (Å²) in [6, 6.07) is 8.36. The lowest BCUT2D eigenvalue weighted by Crippen LogP contribution is -2.40. The first-order chi connectivity index (χ1) is 14.7. The molecule has 0 saturated carbocycles. The summed E-state index contributed by atoms with van der Waals surface area (Å²) in [5, 5.41) is 6.94. The van der Waals surface area contributed by atoms with E-state index in [1.807, 2.05) is 6.07 Å². The van der Waals surface area contributed by atoms with E-state index in [4.69, 9.17) is 9.73 Å². The number of likely N-dealkylation sites (tertiary alicyclic amines) is 1. The van der Waals surface area contributed by atoms with Crippen LogP contribution in [0.5, 0.6) is 5.75 Å². The van der Waals surface area contributed by atoms with Crippen LogP contribution in [0.15, 0.2) is 29.3 Å². The first-order valence-electron chi connectivity index (χ1n) is 11.8. The second-order valence-electron chi connectivity index (χ2n) is 8.83. The Kier molecular flexibility index (Phi) is 9.12. The molecule has 0 radical (unpaired) electrons. The highest BCUT2D eigenvalue weighted by Gasteiger charge is 2.23. The van der Waals surface area contributed by atoms with Crippen LogP contribution >= 0.6 is 0 Å². The van der Waals surface area contributed by atoms with Gasteiger partial charge in [0.25, 0.3) is 0 Å². The molecule has 1 unspecified atom stereocenters. The summed E-state index contributed by atoms with van der Waals surface area (Å²) in [5.41, 5.74) is 1.25. The average Bonchev–Trinajstić information content (AvgIpc) is 3.25. The maximum Gasteiger partial charge on any atom is 0.191 e. The molecule has 0 spiro atoms. The molecule has 1 aromatic carbocycles. The number of hydrogen-bond donors (Lipinski definition) is 2. The lowest BCUT2D eigenvalue weighted by Gasteiger charge is -2.30. The van der Waals surface area contributed by atoms with Gasteiger partial charge in [-0.05, 0) is 76.2 Å². The molecule has 1 aromatic rings. The van der Waals surface area contributed by atoms with Crippen molar-refractivity contribution in [3.8, 4) is 5.75 Å². The molecule has 2 aliphatic heterocycles. The Morgan fingerprint density at radius 1 is 1.17 bits per heavy atom. The third-order valence-corrected chi connectivity index (χ3v) is 6.38. The van der Waals surface area contributed by atoms with Crippen LogP contribution in [0.25, 0.3) is 0 Å². The smallest absolute Gasteiger partial charge is 0.191 e. The van der Waals surface area contributed by atoms with Crippen molar-refractivity contribution in [1.82, 2.24) is 15.5 Å². The summed E-state index contributed by atoms with van der Waals surface area (Å²) in [6.45, 7) is 13.1. The number of piperidine rings is 1. The van der Waals surface area contributed by atoms with Gasteiger partial charge in [0.2, 0.25) is 0 Å². The second kappa shape index (κ2) is 12.0. The zero-order valence-electron chi connectivity index (χ0n) is 19.2. The maximum absolute atomic E-state index is 5.37. The van der Waals surface area contributed by atoms with E-state index in [1.54, 1.807) is 7.11 Å². The molecule has 2 heterocycles. The molecular formula is C24H41N5O. The predicted octanol–water partition coefficient (Wildman–Crippen LogP) is 3.20. The first kappa shape index (κ1) is 22.7. The van der Waals surface area contributed by atoms with Crippen molar-refractivity contribution in [3.05, 3.63) is 24.3 Å². The highest BCUT2D eigenvalue weighted by Crippen LogP contribution is 2.27. The van der Waals surface area contributed by atoms with Crippen LogP contribution < -0.4 is 20.3 Å². The zero-order chi connectivity index (χ0) is 21.2. The largest absolute Gasteiger partial charge is 0.497 e. The number of anilines is 1. The molecule has 6 heteroatoms. The van der Waals surface area contributed by atoms with Crippen molar-refractivity contribution in [2.75, 3.05) is 64.4 Å². The summed E-state index contributed by atoms with van der Waals surface area (Å²) < 4.78 is 5.37. The van der Waals surface area contributed by atoms with E-state index >= 15 is 0 Å². The number of aliphatic imine (C=N–C) groups is 1. The van der Waals surface area contributed by atoms with Gasteiger partial charge < -0.3 is 25.2 Å². The number of methoxy groups -OCH3 is 1. The van der Waals surface area contributed by atoms with Gasteiger partial charge in [0.15, 0.2) is 5.96 Å². The predicted molar refractivity (Wildman–Crippen MR) is 127 cm³/mol. The van der Waals surface area contributed by atoms with Gasteiger partial charge >= 0.3 is 0 Å². The van der Waals surface area contributed by atoms with Crippen LogP contribution in [0, 0.1) is 11.8 Å². The van der Waals surface area contributed by atoms with Gasteiger partial charge in [-0.25, -0.2) is 0 Å². The van der Waals surface area contributed by atoms with E-state index in [9.17, 15) is 0 Å². The van der Waals surface area contributed by atoms with Gasteiger partial charge in [-0.15, -0.1) is 0 Å². The van der Waals surface area contributed by atoms with Crippen LogP contribution in [-0.2, 0) is 0 Å². The van der Waals surface area contributed by atoms with Gasteiger partial charge in [0, 0.05) is 44.5 Å². The molecule has 1 atom stereocenters. The van der Waals surface area contributed by atoms with Gasteiger partial charge in [0.1, 0.15) is 5.75 Å². The minimum Gasteiger partial charge on any atom is -0.497 e. The fourth-order valence-electron chi connectivity index (χ4n) is 4.38. The van der Waals surface area contributed by atoms with E-state index < -0.39 is 0 Å². The van der Waals surface area contributed by atoms with Crippen LogP contribution in [0.1, 0.15) is 39.5 Å². The molecule has 2 fully saturated rings. The topological polar surface area (TPSA) is 52.1 Å². The minimum atomic E-state index is 0.599. The molecule has 2 N–H and O–H groups in total. The van der Waals surface area contributed by atoms with E-state index in [2.05, 4.69) is 52.5 Å².